The number of thiophene rings is 1. The van der Waals surface area contributed by atoms with Crippen LogP contribution in [-0.2, 0) is 12.8 Å². The van der Waals surface area contributed by atoms with Crippen LogP contribution < -0.4 is 5.32 Å². The topological polar surface area (TPSA) is 37.8 Å². The number of aromatic nitrogens is 2. The van der Waals surface area contributed by atoms with Crippen molar-refractivity contribution in [3.05, 3.63) is 46.9 Å². The number of hydrogen-bond donors (Lipinski definition) is 1. The van der Waals surface area contributed by atoms with Crippen LogP contribution in [-0.4, -0.2) is 9.97 Å². The van der Waals surface area contributed by atoms with Gasteiger partial charge in [-0.05, 0) is 43.4 Å². The van der Waals surface area contributed by atoms with Crippen molar-refractivity contribution in [1.82, 2.24) is 9.97 Å². The fraction of sp³-hybridized carbons (Fsp3) is 0.250. The fourth-order valence-electron chi connectivity index (χ4n) is 2.88. The van der Waals surface area contributed by atoms with Crippen LogP contribution in [0.25, 0.3) is 10.2 Å². The molecule has 3 aromatic rings. The third-order valence-electron chi connectivity index (χ3n) is 3.88. The van der Waals surface area contributed by atoms with Crippen molar-refractivity contribution in [1.29, 1.82) is 0 Å². The van der Waals surface area contributed by atoms with Crippen LogP contribution in [0.3, 0.4) is 0 Å². The van der Waals surface area contributed by atoms with Gasteiger partial charge in [0.25, 0.3) is 0 Å². The summed E-state index contributed by atoms with van der Waals surface area (Å²) >= 11 is 1.74. The van der Waals surface area contributed by atoms with Crippen LogP contribution >= 0.6 is 11.3 Å². The van der Waals surface area contributed by atoms with Crippen molar-refractivity contribution in [2.75, 3.05) is 5.32 Å². The van der Waals surface area contributed by atoms with Crippen LogP contribution in [0, 0.1) is 5.82 Å². The first kappa shape index (κ1) is 12.7. The molecule has 0 unspecified atom stereocenters. The van der Waals surface area contributed by atoms with E-state index in [9.17, 15) is 4.39 Å². The number of nitrogens with zero attached hydrogens (tertiary/aromatic N) is 2. The lowest BCUT2D eigenvalue weighted by Crippen LogP contribution is -2.01. The zero-order chi connectivity index (χ0) is 14.2. The second kappa shape index (κ2) is 5.07. The Labute approximate surface area is 125 Å². The van der Waals surface area contributed by atoms with Crippen molar-refractivity contribution < 1.29 is 4.39 Å². The van der Waals surface area contributed by atoms with E-state index in [4.69, 9.17) is 0 Å². The minimum Gasteiger partial charge on any atom is -0.337 e. The van der Waals surface area contributed by atoms with Gasteiger partial charge in [0, 0.05) is 4.88 Å². The monoisotopic (exact) mass is 299 g/mol. The summed E-state index contributed by atoms with van der Waals surface area (Å²) < 4.78 is 13.8. The van der Waals surface area contributed by atoms with E-state index in [1.165, 1.54) is 29.3 Å². The zero-order valence-electron chi connectivity index (χ0n) is 11.4. The first-order valence-corrected chi connectivity index (χ1v) is 7.91. The maximum atomic E-state index is 13.8. The molecule has 0 aliphatic heterocycles. The van der Waals surface area contributed by atoms with Crippen molar-refractivity contribution >= 4 is 33.1 Å². The lowest BCUT2D eigenvalue weighted by Gasteiger charge is -2.12. The second-order valence-electron chi connectivity index (χ2n) is 5.22. The highest BCUT2D eigenvalue weighted by atomic mass is 32.1. The molecule has 0 spiro atoms. The van der Waals surface area contributed by atoms with Crippen LogP contribution in [0.15, 0.2) is 30.6 Å². The van der Waals surface area contributed by atoms with Crippen LogP contribution in [0.4, 0.5) is 15.9 Å². The number of hydrogen-bond acceptors (Lipinski definition) is 4. The Kier molecular flexibility index (Phi) is 3.07. The smallest absolute Gasteiger partial charge is 0.146 e. The summed E-state index contributed by atoms with van der Waals surface area (Å²) in [5.74, 6) is 0.442. The van der Waals surface area contributed by atoms with E-state index in [0.717, 1.165) is 23.1 Å². The average molecular weight is 299 g/mol. The van der Waals surface area contributed by atoms with E-state index in [-0.39, 0.29) is 5.82 Å². The van der Waals surface area contributed by atoms with Gasteiger partial charge in [-0.2, -0.15) is 0 Å². The Bertz CT molecular complexity index is 812. The van der Waals surface area contributed by atoms with Crippen molar-refractivity contribution in [3.63, 3.8) is 0 Å². The third-order valence-corrected chi connectivity index (χ3v) is 5.08. The number of anilines is 2. The van der Waals surface area contributed by atoms with E-state index in [1.54, 1.807) is 29.8 Å². The molecule has 3 nitrogen and oxygen atoms in total. The van der Waals surface area contributed by atoms with Gasteiger partial charge in [0.2, 0.25) is 0 Å². The van der Waals surface area contributed by atoms with E-state index in [0.29, 0.717) is 11.5 Å². The average Bonchev–Trinajstić information content (AvgIpc) is 2.89. The summed E-state index contributed by atoms with van der Waals surface area (Å²) in [5.41, 5.74) is 1.80. The van der Waals surface area contributed by atoms with Gasteiger partial charge in [-0.25, -0.2) is 14.4 Å². The highest BCUT2D eigenvalue weighted by molar-refractivity contribution is 7.19. The van der Waals surface area contributed by atoms with Gasteiger partial charge in [0.05, 0.1) is 11.1 Å². The van der Waals surface area contributed by atoms with Crippen LogP contribution in [0.2, 0.25) is 0 Å². The van der Waals surface area contributed by atoms with Gasteiger partial charge in [-0.1, -0.05) is 12.1 Å². The molecule has 0 atom stereocenters. The molecule has 1 N–H and O–H groups in total. The number of aryl methyl sites for hydroxylation is 2. The molecular formula is C16H14FN3S. The van der Waals surface area contributed by atoms with E-state index >= 15 is 0 Å². The van der Waals surface area contributed by atoms with Gasteiger partial charge < -0.3 is 5.32 Å². The van der Waals surface area contributed by atoms with Crippen LogP contribution in [0.1, 0.15) is 23.3 Å². The van der Waals surface area contributed by atoms with Gasteiger partial charge in [0.1, 0.15) is 22.8 Å². The summed E-state index contributed by atoms with van der Waals surface area (Å²) in [6.07, 6.45) is 6.17. The molecule has 1 aromatic carbocycles. The molecule has 0 fully saturated rings. The molecular weight excluding hydrogens is 285 g/mol. The number of halogens is 1. The molecule has 1 aliphatic rings. The Balaban J connectivity index is 1.85. The molecule has 0 saturated heterocycles. The van der Waals surface area contributed by atoms with Crippen LogP contribution in [0.5, 0.6) is 0 Å². The lowest BCUT2D eigenvalue weighted by molar-refractivity contribution is 0.632. The summed E-state index contributed by atoms with van der Waals surface area (Å²) in [7, 11) is 0. The normalized spacial score (nSPS) is 14.1. The predicted molar refractivity (Wildman–Crippen MR) is 83.7 cm³/mol. The predicted octanol–water partition coefficient (Wildman–Crippen LogP) is 4.45. The molecule has 1 aliphatic carbocycles. The summed E-state index contributed by atoms with van der Waals surface area (Å²) in [6, 6.07) is 6.67. The Morgan fingerprint density at radius 1 is 1.10 bits per heavy atom. The molecule has 4 rings (SSSR count). The Morgan fingerprint density at radius 3 is 2.86 bits per heavy atom. The molecule has 21 heavy (non-hydrogen) atoms. The molecule has 106 valence electrons. The summed E-state index contributed by atoms with van der Waals surface area (Å²) in [6.45, 7) is 0. The summed E-state index contributed by atoms with van der Waals surface area (Å²) in [4.78, 5) is 11.1. The lowest BCUT2D eigenvalue weighted by atomic mass is 9.97. The van der Waals surface area contributed by atoms with Gasteiger partial charge in [0.15, 0.2) is 0 Å². The zero-order valence-corrected chi connectivity index (χ0v) is 12.2. The number of nitrogens with one attached hydrogen (secondary N) is 1. The molecule has 0 amide bonds. The number of fused-ring (bicyclic) bond motifs is 3. The standard InChI is InChI=1S/C16H14FN3S/c17-11-6-2-3-7-12(11)20-15-14-10-5-1-4-8-13(10)21-16(14)19-9-18-15/h2-3,6-7,9H,1,4-5,8H2,(H,18,19,20). The molecule has 5 heteroatoms. The minimum atomic E-state index is -0.270. The molecule has 0 bridgehead atoms. The van der Waals surface area contributed by atoms with Crippen molar-refractivity contribution in [3.8, 4) is 0 Å². The highest BCUT2D eigenvalue weighted by Gasteiger charge is 2.20. The Hall–Kier alpha value is -2.01. The van der Waals surface area contributed by atoms with Gasteiger partial charge >= 0.3 is 0 Å². The highest BCUT2D eigenvalue weighted by Crippen LogP contribution is 2.38. The number of rotatable bonds is 2. The third kappa shape index (κ3) is 2.17. The molecule has 0 saturated carbocycles. The van der Waals surface area contributed by atoms with Crippen molar-refractivity contribution in [2.45, 2.75) is 25.7 Å². The quantitative estimate of drug-likeness (QED) is 0.759. The molecule has 2 heterocycles. The van der Waals surface area contributed by atoms with E-state index in [1.807, 2.05) is 6.07 Å². The first-order valence-electron chi connectivity index (χ1n) is 7.10. The maximum absolute atomic E-state index is 13.8. The van der Waals surface area contributed by atoms with E-state index < -0.39 is 0 Å². The SMILES string of the molecule is Fc1ccccc1Nc1ncnc2sc3c(c12)CCCC3. The number of para-hydroxylation sites is 1. The minimum absolute atomic E-state index is 0.270. The summed E-state index contributed by atoms with van der Waals surface area (Å²) in [5, 5.41) is 4.20. The van der Waals surface area contributed by atoms with Gasteiger partial charge in [-0.15, -0.1) is 11.3 Å². The first-order chi connectivity index (χ1) is 10.3. The number of benzene rings is 1. The molecule has 0 radical (unpaired) electrons. The van der Waals surface area contributed by atoms with E-state index in [2.05, 4.69) is 15.3 Å². The largest absolute Gasteiger partial charge is 0.337 e. The van der Waals surface area contributed by atoms with Crippen molar-refractivity contribution in [2.24, 2.45) is 0 Å². The Morgan fingerprint density at radius 2 is 1.95 bits per heavy atom. The molecule has 2 aromatic heterocycles. The second-order valence-corrected chi connectivity index (χ2v) is 6.30. The maximum Gasteiger partial charge on any atom is 0.146 e. The fourth-order valence-corrected chi connectivity index (χ4v) is 4.10. The van der Waals surface area contributed by atoms with Gasteiger partial charge in [-0.3, -0.25) is 0 Å².